The first kappa shape index (κ1) is 21.1. The molecule has 0 saturated carbocycles. The summed E-state index contributed by atoms with van der Waals surface area (Å²) in [5.74, 6) is -0.0167. The zero-order chi connectivity index (χ0) is 21.0. The number of carbonyl (C=O) groups is 2. The van der Waals surface area contributed by atoms with Crippen LogP contribution in [0.25, 0.3) is 0 Å². The summed E-state index contributed by atoms with van der Waals surface area (Å²) in [6, 6.07) is 4.38. The molecule has 0 bridgehead atoms. The average molecular weight is 402 g/mol. The van der Waals surface area contributed by atoms with Gasteiger partial charge in [-0.2, -0.15) is 0 Å². The van der Waals surface area contributed by atoms with Crippen molar-refractivity contribution in [3.05, 3.63) is 33.9 Å². The molecule has 2 saturated heterocycles. The lowest BCUT2D eigenvalue weighted by molar-refractivity contribution is -0.384. The fraction of sp³-hybridized carbons (Fsp3) is 0.619. The Balaban J connectivity index is 1.67. The van der Waals surface area contributed by atoms with Gasteiger partial charge in [0.25, 0.3) is 11.6 Å². The Morgan fingerprint density at radius 1 is 1.00 bits per heavy atom. The number of non-ortho nitro benzene ring substituents is 1. The Hall–Kier alpha value is -2.64. The number of amides is 2. The van der Waals surface area contributed by atoms with Crippen molar-refractivity contribution < 1.29 is 14.5 Å². The van der Waals surface area contributed by atoms with E-state index in [4.69, 9.17) is 0 Å². The normalized spacial score (nSPS) is 18.3. The molecule has 2 heterocycles. The second-order valence-corrected chi connectivity index (χ2v) is 8.16. The van der Waals surface area contributed by atoms with Crippen LogP contribution in [0, 0.1) is 16.0 Å². The minimum absolute atomic E-state index is 0.0319. The Morgan fingerprint density at radius 2 is 1.62 bits per heavy atom. The molecule has 1 aromatic rings. The highest BCUT2D eigenvalue weighted by molar-refractivity contribution is 6.00. The summed E-state index contributed by atoms with van der Waals surface area (Å²) in [5.41, 5.74) is 0.898. The summed E-state index contributed by atoms with van der Waals surface area (Å²) < 4.78 is 0. The van der Waals surface area contributed by atoms with E-state index >= 15 is 0 Å². The van der Waals surface area contributed by atoms with E-state index in [1.807, 2.05) is 19.0 Å². The van der Waals surface area contributed by atoms with Crippen molar-refractivity contribution in [1.82, 2.24) is 9.80 Å². The Morgan fingerprint density at radius 3 is 2.17 bits per heavy atom. The average Bonchev–Trinajstić information content (AvgIpc) is 3.01. The molecule has 0 aliphatic carbocycles. The smallest absolute Gasteiger partial charge is 0.270 e. The van der Waals surface area contributed by atoms with Crippen molar-refractivity contribution in [2.24, 2.45) is 5.92 Å². The van der Waals surface area contributed by atoms with E-state index in [1.54, 1.807) is 15.9 Å². The van der Waals surface area contributed by atoms with Crippen LogP contribution in [0.1, 0.15) is 48.9 Å². The molecule has 0 spiro atoms. The number of hydrogen-bond donors (Lipinski definition) is 0. The van der Waals surface area contributed by atoms with Gasteiger partial charge in [0.05, 0.1) is 10.5 Å². The van der Waals surface area contributed by atoms with Crippen LogP contribution in [0.5, 0.6) is 0 Å². The maximum Gasteiger partial charge on any atom is 0.270 e. The van der Waals surface area contributed by atoms with Crippen LogP contribution in [0.3, 0.4) is 0 Å². The highest BCUT2D eigenvalue weighted by Gasteiger charge is 2.32. The van der Waals surface area contributed by atoms with E-state index in [0.29, 0.717) is 37.2 Å². The molecule has 158 valence electrons. The number of nitro groups is 1. The van der Waals surface area contributed by atoms with Gasteiger partial charge >= 0.3 is 0 Å². The molecule has 0 N–H and O–H groups in total. The highest BCUT2D eigenvalue weighted by atomic mass is 16.6. The summed E-state index contributed by atoms with van der Waals surface area (Å²) >= 11 is 0. The van der Waals surface area contributed by atoms with Gasteiger partial charge in [0.1, 0.15) is 0 Å². The highest BCUT2D eigenvalue weighted by Crippen LogP contribution is 2.28. The zero-order valence-corrected chi connectivity index (χ0v) is 17.3. The molecule has 2 fully saturated rings. The zero-order valence-electron chi connectivity index (χ0n) is 17.3. The van der Waals surface area contributed by atoms with Crippen LogP contribution in [0.4, 0.5) is 11.4 Å². The second-order valence-electron chi connectivity index (χ2n) is 8.16. The predicted molar refractivity (Wildman–Crippen MR) is 111 cm³/mol. The van der Waals surface area contributed by atoms with Crippen molar-refractivity contribution in [3.8, 4) is 0 Å². The van der Waals surface area contributed by atoms with Gasteiger partial charge in [-0.3, -0.25) is 19.7 Å². The van der Waals surface area contributed by atoms with Crippen LogP contribution in [0.15, 0.2) is 18.2 Å². The van der Waals surface area contributed by atoms with Gasteiger partial charge in [-0.05, 0) is 31.7 Å². The first-order valence-corrected chi connectivity index (χ1v) is 10.4. The quantitative estimate of drug-likeness (QED) is 0.571. The Kier molecular flexibility index (Phi) is 6.71. The molecule has 0 aromatic heterocycles. The lowest BCUT2D eigenvalue weighted by atomic mass is 9.94. The molecule has 8 nitrogen and oxygen atoms in total. The monoisotopic (exact) mass is 402 g/mol. The number of benzene rings is 1. The lowest BCUT2D eigenvalue weighted by Gasteiger charge is -2.34. The number of nitro benzene ring substituents is 1. The maximum absolute atomic E-state index is 13.1. The number of nitrogens with zero attached hydrogens (tertiary/aromatic N) is 4. The molecule has 0 radical (unpaired) electrons. The van der Waals surface area contributed by atoms with Gasteiger partial charge in [-0.25, -0.2) is 0 Å². The van der Waals surface area contributed by atoms with Crippen molar-refractivity contribution in [2.45, 2.75) is 38.5 Å². The van der Waals surface area contributed by atoms with Crippen LogP contribution >= 0.6 is 0 Å². The molecule has 2 amide bonds. The summed E-state index contributed by atoms with van der Waals surface area (Å²) in [7, 11) is 3.62. The van der Waals surface area contributed by atoms with Crippen LogP contribution < -0.4 is 4.90 Å². The summed E-state index contributed by atoms with van der Waals surface area (Å²) in [6.07, 6.45) is 5.81. The minimum Gasteiger partial charge on any atom is -0.377 e. The second kappa shape index (κ2) is 9.24. The topological polar surface area (TPSA) is 87.0 Å². The van der Waals surface area contributed by atoms with Gasteiger partial charge in [-0.15, -0.1) is 0 Å². The Labute approximate surface area is 171 Å². The number of likely N-dealkylation sites (tertiary alicyclic amines) is 2. The van der Waals surface area contributed by atoms with Crippen molar-refractivity contribution >= 4 is 23.2 Å². The SMILES string of the molecule is CN(C)c1ccc([N+](=O)[O-])cc1C(=O)N1CCC(C(=O)N2CCCCCC2)CC1. The van der Waals surface area contributed by atoms with Gasteiger partial charge in [0.2, 0.25) is 5.91 Å². The van der Waals surface area contributed by atoms with Crippen LogP contribution in [-0.4, -0.2) is 66.8 Å². The number of hydrogen-bond acceptors (Lipinski definition) is 5. The molecule has 1 aromatic carbocycles. The number of carbonyl (C=O) groups excluding carboxylic acids is 2. The standard InChI is InChI=1S/C21H30N4O4/c1-22(2)19-8-7-17(25(28)29)15-18(19)21(27)24-13-9-16(10-14-24)20(26)23-11-5-3-4-6-12-23/h7-8,15-16H,3-6,9-14H2,1-2H3. The molecule has 2 aliphatic heterocycles. The van der Waals surface area contributed by atoms with Crippen LogP contribution in [0.2, 0.25) is 0 Å². The van der Waals surface area contributed by atoms with E-state index in [-0.39, 0.29) is 23.4 Å². The van der Waals surface area contributed by atoms with Gasteiger partial charge < -0.3 is 14.7 Å². The van der Waals surface area contributed by atoms with Crippen molar-refractivity contribution in [2.75, 3.05) is 45.2 Å². The number of anilines is 1. The third kappa shape index (κ3) is 4.86. The van der Waals surface area contributed by atoms with E-state index in [2.05, 4.69) is 0 Å². The first-order chi connectivity index (χ1) is 13.9. The molecule has 8 heteroatoms. The fourth-order valence-electron chi connectivity index (χ4n) is 4.25. The molecular formula is C21H30N4O4. The summed E-state index contributed by atoms with van der Waals surface area (Å²) in [5, 5.41) is 11.2. The van der Waals surface area contributed by atoms with E-state index in [0.717, 1.165) is 25.9 Å². The maximum atomic E-state index is 13.1. The van der Waals surface area contributed by atoms with E-state index < -0.39 is 4.92 Å². The number of piperidine rings is 1. The van der Waals surface area contributed by atoms with Gasteiger partial charge in [0, 0.05) is 64.0 Å². The van der Waals surface area contributed by atoms with Gasteiger partial charge in [-0.1, -0.05) is 12.8 Å². The molecule has 0 atom stereocenters. The van der Waals surface area contributed by atoms with Gasteiger partial charge in [0.15, 0.2) is 0 Å². The molecule has 2 aliphatic rings. The molecular weight excluding hydrogens is 372 g/mol. The molecule has 0 unspecified atom stereocenters. The van der Waals surface area contributed by atoms with Crippen molar-refractivity contribution in [3.63, 3.8) is 0 Å². The van der Waals surface area contributed by atoms with E-state index in [9.17, 15) is 19.7 Å². The fourth-order valence-corrected chi connectivity index (χ4v) is 4.25. The van der Waals surface area contributed by atoms with Crippen molar-refractivity contribution in [1.29, 1.82) is 0 Å². The van der Waals surface area contributed by atoms with Crippen LogP contribution in [-0.2, 0) is 4.79 Å². The minimum atomic E-state index is -0.484. The summed E-state index contributed by atoms with van der Waals surface area (Å²) in [4.78, 5) is 42.1. The number of rotatable bonds is 4. The largest absolute Gasteiger partial charge is 0.377 e. The van der Waals surface area contributed by atoms with E-state index in [1.165, 1.54) is 25.0 Å². The first-order valence-electron chi connectivity index (χ1n) is 10.4. The molecule has 29 heavy (non-hydrogen) atoms. The summed E-state index contributed by atoms with van der Waals surface area (Å²) in [6.45, 7) is 2.69. The predicted octanol–water partition coefficient (Wildman–Crippen LogP) is 2.92. The lowest BCUT2D eigenvalue weighted by Crippen LogP contribution is -2.44. The molecule has 3 rings (SSSR count). The third-order valence-electron chi connectivity index (χ3n) is 5.95. The third-order valence-corrected chi connectivity index (χ3v) is 5.95. The Bertz CT molecular complexity index is 764.